The molecule has 96 valence electrons. The summed E-state index contributed by atoms with van der Waals surface area (Å²) in [4.78, 5) is 9.62. The van der Waals surface area contributed by atoms with Crippen LogP contribution in [0.15, 0.2) is 30.0 Å². The van der Waals surface area contributed by atoms with Gasteiger partial charge in [-0.25, -0.2) is 4.98 Å². The molecule has 1 unspecified atom stereocenters. The van der Waals surface area contributed by atoms with E-state index in [1.165, 1.54) is 10.4 Å². The van der Waals surface area contributed by atoms with E-state index in [-0.39, 0.29) is 0 Å². The SMILES string of the molecule is CNC(Cc1ccc(OC)nc1)Cc1cncs1. The Morgan fingerprint density at radius 2 is 2.22 bits per heavy atom. The van der Waals surface area contributed by atoms with Crippen LogP contribution in [0.1, 0.15) is 10.4 Å². The lowest BCUT2D eigenvalue weighted by molar-refractivity contribution is 0.397. The summed E-state index contributed by atoms with van der Waals surface area (Å²) in [5.74, 6) is 0.655. The number of ether oxygens (including phenoxy) is 1. The van der Waals surface area contributed by atoms with E-state index >= 15 is 0 Å². The number of nitrogens with one attached hydrogen (secondary N) is 1. The van der Waals surface area contributed by atoms with E-state index in [2.05, 4.69) is 21.4 Å². The molecular formula is C13H17N3OS. The standard InChI is InChI=1S/C13H17N3OS/c1-14-11(6-12-8-15-9-18-12)5-10-3-4-13(17-2)16-7-10/h3-4,7-9,11,14H,5-6H2,1-2H3. The lowest BCUT2D eigenvalue weighted by atomic mass is 10.0. The summed E-state index contributed by atoms with van der Waals surface area (Å²) in [6, 6.07) is 4.36. The number of hydrogen-bond donors (Lipinski definition) is 1. The van der Waals surface area contributed by atoms with Gasteiger partial charge in [0.05, 0.1) is 12.6 Å². The fourth-order valence-corrected chi connectivity index (χ4v) is 2.48. The minimum absolute atomic E-state index is 0.403. The molecule has 0 amide bonds. The summed E-state index contributed by atoms with van der Waals surface area (Å²) < 4.78 is 5.05. The van der Waals surface area contributed by atoms with Crippen molar-refractivity contribution in [1.82, 2.24) is 15.3 Å². The largest absolute Gasteiger partial charge is 0.481 e. The molecule has 2 aromatic rings. The summed E-state index contributed by atoms with van der Waals surface area (Å²) in [6.07, 6.45) is 5.75. The maximum atomic E-state index is 5.05. The summed E-state index contributed by atoms with van der Waals surface area (Å²) in [7, 11) is 3.62. The molecule has 18 heavy (non-hydrogen) atoms. The van der Waals surface area contributed by atoms with Gasteiger partial charge in [0.15, 0.2) is 0 Å². The molecule has 0 saturated heterocycles. The summed E-state index contributed by atoms with van der Waals surface area (Å²) >= 11 is 1.70. The normalized spacial score (nSPS) is 12.3. The van der Waals surface area contributed by atoms with E-state index in [0.717, 1.165) is 12.8 Å². The molecule has 0 aliphatic carbocycles. The monoisotopic (exact) mass is 263 g/mol. The molecule has 5 heteroatoms. The molecule has 0 aliphatic heterocycles. The lowest BCUT2D eigenvalue weighted by Gasteiger charge is -2.15. The zero-order chi connectivity index (χ0) is 12.8. The fourth-order valence-electron chi connectivity index (χ4n) is 1.80. The average molecular weight is 263 g/mol. The maximum absolute atomic E-state index is 5.05. The minimum atomic E-state index is 0.403. The fraction of sp³-hybridized carbons (Fsp3) is 0.385. The highest BCUT2D eigenvalue weighted by Crippen LogP contribution is 2.13. The number of aromatic nitrogens is 2. The minimum Gasteiger partial charge on any atom is -0.481 e. The number of pyridine rings is 1. The van der Waals surface area contributed by atoms with Crippen LogP contribution < -0.4 is 10.1 Å². The molecule has 0 spiro atoms. The van der Waals surface area contributed by atoms with Crippen LogP contribution in [-0.4, -0.2) is 30.2 Å². The van der Waals surface area contributed by atoms with Gasteiger partial charge in [0, 0.05) is 29.4 Å². The van der Waals surface area contributed by atoms with Crippen LogP contribution in [-0.2, 0) is 12.8 Å². The zero-order valence-corrected chi connectivity index (χ0v) is 11.4. The first-order valence-corrected chi connectivity index (χ1v) is 6.73. The van der Waals surface area contributed by atoms with E-state index in [0.29, 0.717) is 11.9 Å². The Morgan fingerprint density at radius 3 is 2.78 bits per heavy atom. The van der Waals surface area contributed by atoms with Crippen LogP contribution >= 0.6 is 11.3 Å². The van der Waals surface area contributed by atoms with Crippen molar-refractivity contribution < 1.29 is 4.74 Å². The number of methoxy groups -OCH3 is 1. The van der Waals surface area contributed by atoms with Gasteiger partial charge in [-0.2, -0.15) is 0 Å². The van der Waals surface area contributed by atoms with Crippen LogP contribution in [0.3, 0.4) is 0 Å². The van der Waals surface area contributed by atoms with Crippen molar-refractivity contribution in [1.29, 1.82) is 0 Å². The van der Waals surface area contributed by atoms with Gasteiger partial charge >= 0.3 is 0 Å². The van der Waals surface area contributed by atoms with Crippen molar-refractivity contribution in [2.75, 3.05) is 14.2 Å². The molecule has 2 rings (SSSR count). The second-order valence-electron chi connectivity index (χ2n) is 4.07. The Balaban J connectivity index is 1.96. The van der Waals surface area contributed by atoms with E-state index in [1.54, 1.807) is 18.4 Å². The van der Waals surface area contributed by atoms with E-state index < -0.39 is 0 Å². The van der Waals surface area contributed by atoms with E-state index in [9.17, 15) is 0 Å². The third kappa shape index (κ3) is 3.51. The molecular weight excluding hydrogens is 246 g/mol. The summed E-state index contributed by atoms with van der Waals surface area (Å²) in [6.45, 7) is 0. The Labute approximate surface area is 111 Å². The quantitative estimate of drug-likeness (QED) is 0.865. The van der Waals surface area contributed by atoms with Crippen LogP contribution in [0.5, 0.6) is 5.88 Å². The van der Waals surface area contributed by atoms with Crippen molar-refractivity contribution in [2.24, 2.45) is 0 Å². The molecule has 0 saturated carbocycles. The number of hydrogen-bond acceptors (Lipinski definition) is 5. The highest BCUT2D eigenvalue weighted by atomic mass is 32.1. The Bertz CT molecular complexity index is 456. The van der Waals surface area contributed by atoms with Gasteiger partial charge in [-0.3, -0.25) is 4.98 Å². The van der Waals surface area contributed by atoms with Gasteiger partial charge < -0.3 is 10.1 Å². The molecule has 0 bridgehead atoms. The van der Waals surface area contributed by atoms with Gasteiger partial charge in [-0.15, -0.1) is 11.3 Å². The van der Waals surface area contributed by atoms with E-state index in [4.69, 9.17) is 4.74 Å². The Morgan fingerprint density at radius 1 is 1.33 bits per heavy atom. The first-order valence-electron chi connectivity index (χ1n) is 5.85. The smallest absolute Gasteiger partial charge is 0.212 e. The third-order valence-corrected chi connectivity index (χ3v) is 3.63. The van der Waals surface area contributed by atoms with Crippen LogP contribution in [0.25, 0.3) is 0 Å². The summed E-state index contributed by atoms with van der Waals surface area (Å²) in [5.41, 5.74) is 3.08. The highest BCUT2D eigenvalue weighted by Gasteiger charge is 2.09. The molecule has 2 aromatic heterocycles. The molecule has 4 nitrogen and oxygen atoms in total. The molecule has 0 aromatic carbocycles. The van der Waals surface area contributed by atoms with Crippen molar-refractivity contribution in [3.8, 4) is 5.88 Å². The van der Waals surface area contributed by atoms with Crippen molar-refractivity contribution in [3.63, 3.8) is 0 Å². The second-order valence-corrected chi connectivity index (χ2v) is 5.04. The first-order chi connectivity index (χ1) is 8.81. The summed E-state index contributed by atoms with van der Waals surface area (Å²) in [5, 5.41) is 3.34. The van der Waals surface area contributed by atoms with Crippen LogP contribution in [0.4, 0.5) is 0 Å². The first kappa shape index (κ1) is 13.0. The van der Waals surface area contributed by atoms with Crippen LogP contribution in [0.2, 0.25) is 0 Å². The number of likely N-dealkylation sites (N-methyl/N-ethyl adjacent to an activating group) is 1. The third-order valence-electron chi connectivity index (χ3n) is 2.83. The lowest BCUT2D eigenvalue weighted by Crippen LogP contribution is -2.29. The maximum Gasteiger partial charge on any atom is 0.212 e. The average Bonchev–Trinajstić information content (AvgIpc) is 2.91. The van der Waals surface area contributed by atoms with Crippen LogP contribution in [0, 0.1) is 0 Å². The van der Waals surface area contributed by atoms with Crippen molar-refractivity contribution in [3.05, 3.63) is 40.5 Å². The number of nitrogens with zero attached hydrogens (tertiary/aromatic N) is 2. The predicted octanol–water partition coefficient (Wildman–Crippen LogP) is 1.92. The molecule has 0 aliphatic rings. The molecule has 0 fully saturated rings. The Hall–Kier alpha value is -1.46. The Kier molecular flexibility index (Phi) is 4.66. The van der Waals surface area contributed by atoms with Gasteiger partial charge in [-0.05, 0) is 25.5 Å². The van der Waals surface area contributed by atoms with E-state index in [1.807, 2.05) is 31.0 Å². The predicted molar refractivity (Wildman–Crippen MR) is 73.2 cm³/mol. The molecule has 1 N–H and O–H groups in total. The second kappa shape index (κ2) is 6.47. The van der Waals surface area contributed by atoms with Gasteiger partial charge in [0.2, 0.25) is 5.88 Å². The topological polar surface area (TPSA) is 47.0 Å². The number of thiazole rings is 1. The van der Waals surface area contributed by atoms with Gasteiger partial charge in [-0.1, -0.05) is 6.07 Å². The highest BCUT2D eigenvalue weighted by molar-refractivity contribution is 7.09. The van der Waals surface area contributed by atoms with Crippen molar-refractivity contribution >= 4 is 11.3 Å². The van der Waals surface area contributed by atoms with Crippen molar-refractivity contribution in [2.45, 2.75) is 18.9 Å². The zero-order valence-electron chi connectivity index (χ0n) is 10.6. The number of rotatable bonds is 6. The van der Waals surface area contributed by atoms with Gasteiger partial charge in [0.1, 0.15) is 0 Å². The molecule has 0 radical (unpaired) electrons. The molecule has 2 heterocycles. The van der Waals surface area contributed by atoms with Gasteiger partial charge in [0.25, 0.3) is 0 Å². The molecule has 1 atom stereocenters.